The second kappa shape index (κ2) is 4.96. The van der Waals surface area contributed by atoms with Crippen LogP contribution in [-0.2, 0) is 0 Å². The van der Waals surface area contributed by atoms with Crippen LogP contribution in [0, 0.1) is 13.8 Å². The Labute approximate surface area is 130 Å². The zero-order valence-corrected chi connectivity index (χ0v) is 12.8. The number of hydrogen-bond acceptors (Lipinski definition) is 1. The zero-order chi connectivity index (χ0) is 15.1. The maximum atomic E-state index is 4.98. The molecule has 4 aromatic rings. The number of benzene rings is 3. The van der Waals surface area contributed by atoms with Crippen molar-refractivity contribution in [2.45, 2.75) is 13.8 Å². The largest absolute Gasteiger partial charge is 0.247 e. The van der Waals surface area contributed by atoms with Gasteiger partial charge in [-0.05, 0) is 42.5 Å². The van der Waals surface area contributed by atoms with Crippen molar-refractivity contribution in [1.82, 2.24) is 4.98 Å². The summed E-state index contributed by atoms with van der Waals surface area (Å²) in [4.78, 5) is 4.98. The first-order valence-electron chi connectivity index (χ1n) is 7.59. The highest BCUT2D eigenvalue weighted by atomic mass is 14.7. The predicted molar refractivity (Wildman–Crippen MR) is 94.2 cm³/mol. The van der Waals surface area contributed by atoms with E-state index in [1.165, 1.54) is 32.8 Å². The molecule has 0 amide bonds. The molecule has 0 bridgehead atoms. The van der Waals surface area contributed by atoms with Gasteiger partial charge in [0.05, 0.1) is 11.2 Å². The first-order valence-corrected chi connectivity index (χ1v) is 7.59. The van der Waals surface area contributed by atoms with Gasteiger partial charge in [0.1, 0.15) is 0 Å². The number of pyridine rings is 1. The van der Waals surface area contributed by atoms with Gasteiger partial charge in [0, 0.05) is 16.3 Å². The molecule has 1 heterocycles. The van der Waals surface area contributed by atoms with E-state index in [1.807, 2.05) is 6.07 Å². The molecule has 22 heavy (non-hydrogen) atoms. The summed E-state index contributed by atoms with van der Waals surface area (Å²) in [5, 5.41) is 3.72. The smallest absolute Gasteiger partial charge is 0.0788 e. The summed E-state index contributed by atoms with van der Waals surface area (Å²) in [5.41, 5.74) is 5.90. The minimum absolute atomic E-state index is 1.06. The van der Waals surface area contributed by atoms with Gasteiger partial charge in [-0.25, -0.2) is 4.98 Å². The third kappa shape index (κ3) is 1.98. The number of aryl methyl sites for hydroxylation is 2. The molecular formula is C21H17N. The minimum Gasteiger partial charge on any atom is -0.247 e. The highest BCUT2D eigenvalue weighted by Crippen LogP contribution is 2.33. The minimum atomic E-state index is 1.06. The average Bonchev–Trinajstić information content (AvgIpc) is 2.56. The van der Waals surface area contributed by atoms with E-state index in [0.717, 1.165) is 11.2 Å². The van der Waals surface area contributed by atoms with Gasteiger partial charge in [-0.3, -0.25) is 0 Å². The molecule has 1 aromatic heterocycles. The van der Waals surface area contributed by atoms with Gasteiger partial charge in [0.15, 0.2) is 0 Å². The standard InChI is InChI=1S/C21H17N/c1-14-12-19-17-10-6-7-11-18(17)21(16-8-4-3-5-9-16)22-20(19)13-15(14)2/h3-13H,1-2H3. The summed E-state index contributed by atoms with van der Waals surface area (Å²) in [5.74, 6) is 0. The Bertz CT molecular complexity index is 985. The van der Waals surface area contributed by atoms with E-state index in [9.17, 15) is 0 Å². The van der Waals surface area contributed by atoms with Crippen LogP contribution in [0.25, 0.3) is 32.9 Å². The van der Waals surface area contributed by atoms with Crippen LogP contribution < -0.4 is 0 Å². The van der Waals surface area contributed by atoms with E-state index in [1.54, 1.807) is 0 Å². The summed E-state index contributed by atoms with van der Waals surface area (Å²) >= 11 is 0. The molecular weight excluding hydrogens is 266 g/mol. The summed E-state index contributed by atoms with van der Waals surface area (Å²) in [6, 6.07) is 23.4. The van der Waals surface area contributed by atoms with E-state index in [0.29, 0.717) is 0 Å². The monoisotopic (exact) mass is 283 g/mol. The Morgan fingerprint density at radius 2 is 1.27 bits per heavy atom. The quantitative estimate of drug-likeness (QED) is 0.410. The fourth-order valence-corrected chi connectivity index (χ4v) is 3.03. The van der Waals surface area contributed by atoms with Crippen LogP contribution in [0.3, 0.4) is 0 Å². The number of nitrogens with zero attached hydrogens (tertiary/aromatic N) is 1. The molecule has 0 aliphatic heterocycles. The van der Waals surface area contributed by atoms with Gasteiger partial charge in [-0.2, -0.15) is 0 Å². The SMILES string of the molecule is Cc1cc2nc(-c3ccccc3)c3ccccc3c2cc1C. The Morgan fingerprint density at radius 1 is 0.636 bits per heavy atom. The summed E-state index contributed by atoms with van der Waals surface area (Å²) in [6.45, 7) is 4.31. The second-order valence-electron chi connectivity index (χ2n) is 5.83. The zero-order valence-electron chi connectivity index (χ0n) is 12.8. The lowest BCUT2D eigenvalue weighted by Crippen LogP contribution is -1.91. The molecule has 0 aliphatic carbocycles. The molecule has 0 N–H and O–H groups in total. The van der Waals surface area contributed by atoms with Gasteiger partial charge in [0.2, 0.25) is 0 Å². The second-order valence-corrected chi connectivity index (χ2v) is 5.83. The molecule has 0 spiro atoms. The van der Waals surface area contributed by atoms with Crippen molar-refractivity contribution in [2.24, 2.45) is 0 Å². The van der Waals surface area contributed by atoms with E-state index >= 15 is 0 Å². The maximum absolute atomic E-state index is 4.98. The highest BCUT2D eigenvalue weighted by Gasteiger charge is 2.10. The molecule has 0 fully saturated rings. The normalized spacial score (nSPS) is 11.2. The molecule has 0 radical (unpaired) electrons. The molecule has 106 valence electrons. The van der Waals surface area contributed by atoms with Gasteiger partial charge >= 0.3 is 0 Å². The van der Waals surface area contributed by atoms with Gasteiger partial charge < -0.3 is 0 Å². The van der Waals surface area contributed by atoms with Crippen LogP contribution >= 0.6 is 0 Å². The van der Waals surface area contributed by atoms with Crippen molar-refractivity contribution in [3.8, 4) is 11.3 Å². The lowest BCUT2D eigenvalue weighted by Gasteiger charge is -2.11. The van der Waals surface area contributed by atoms with Crippen LogP contribution in [0.5, 0.6) is 0 Å². The van der Waals surface area contributed by atoms with Crippen molar-refractivity contribution in [1.29, 1.82) is 0 Å². The predicted octanol–water partition coefficient (Wildman–Crippen LogP) is 5.67. The average molecular weight is 283 g/mol. The number of fused-ring (bicyclic) bond motifs is 3. The molecule has 1 nitrogen and oxygen atoms in total. The Balaban J connectivity index is 2.18. The van der Waals surface area contributed by atoms with Crippen LogP contribution in [-0.4, -0.2) is 4.98 Å². The van der Waals surface area contributed by atoms with E-state index in [2.05, 4.69) is 74.5 Å². The van der Waals surface area contributed by atoms with E-state index in [-0.39, 0.29) is 0 Å². The number of rotatable bonds is 1. The first-order chi connectivity index (χ1) is 10.7. The third-order valence-corrected chi connectivity index (χ3v) is 4.36. The van der Waals surface area contributed by atoms with Crippen LogP contribution in [0.2, 0.25) is 0 Å². The molecule has 0 saturated heterocycles. The van der Waals surface area contributed by atoms with Crippen molar-refractivity contribution in [3.05, 3.63) is 77.9 Å². The van der Waals surface area contributed by atoms with E-state index in [4.69, 9.17) is 4.98 Å². The van der Waals surface area contributed by atoms with Crippen LogP contribution in [0.1, 0.15) is 11.1 Å². The molecule has 4 rings (SSSR count). The first kappa shape index (κ1) is 13.0. The maximum Gasteiger partial charge on any atom is 0.0788 e. The lowest BCUT2D eigenvalue weighted by atomic mass is 9.97. The Kier molecular flexibility index (Phi) is 2.93. The van der Waals surface area contributed by atoms with Gasteiger partial charge in [-0.15, -0.1) is 0 Å². The van der Waals surface area contributed by atoms with E-state index < -0.39 is 0 Å². The summed E-state index contributed by atoms with van der Waals surface area (Å²) < 4.78 is 0. The lowest BCUT2D eigenvalue weighted by molar-refractivity contribution is 1.34. The van der Waals surface area contributed by atoms with Crippen LogP contribution in [0.4, 0.5) is 0 Å². The van der Waals surface area contributed by atoms with Gasteiger partial charge in [0.25, 0.3) is 0 Å². The topological polar surface area (TPSA) is 12.9 Å². The summed E-state index contributed by atoms with van der Waals surface area (Å²) in [6.07, 6.45) is 0. The van der Waals surface area contributed by atoms with Crippen molar-refractivity contribution >= 4 is 21.7 Å². The fraction of sp³-hybridized carbons (Fsp3) is 0.0952. The Morgan fingerprint density at radius 3 is 2.05 bits per heavy atom. The molecule has 0 unspecified atom stereocenters. The third-order valence-electron chi connectivity index (χ3n) is 4.36. The summed E-state index contributed by atoms with van der Waals surface area (Å²) in [7, 11) is 0. The highest BCUT2D eigenvalue weighted by molar-refractivity contribution is 6.11. The number of aromatic nitrogens is 1. The molecule has 0 saturated carbocycles. The molecule has 3 aromatic carbocycles. The fourth-order valence-electron chi connectivity index (χ4n) is 3.03. The Hall–Kier alpha value is -2.67. The van der Waals surface area contributed by atoms with Crippen molar-refractivity contribution < 1.29 is 0 Å². The van der Waals surface area contributed by atoms with Crippen molar-refractivity contribution in [2.75, 3.05) is 0 Å². The molecule has 1 heteroatoms. The number of hydrogen-bond donors (Lipinski definition) is 0. The van der Waals surface area contributed by atoms with Crippen molar-refractivity contribution in [3.63, 3.8) is 0 Å². The van der Waals surface area contributed by atoms with Gasteiger partial charge in [-0.1, -0.05) is 54.6 Å². The molecule has 0 aliphatic rings. The van der Waals surface area contributed by atoms with Crippen LogP contribution in [0.15, 0.2) is 66.7 Å². The molecule has 0 atom stereocenters.